The van der Waals surface area contributed by atoms with Gasteiger partial charge in [0.15, 0.2) is 0 Å². The van der Waals surface area contributed by atoms with E-state index >= 15 is 0 Å². The van der Waals surface area contributed by atoms with Crippen molar-refractivity contribution in [3.8, 4) is 11.5 Å². The highest BCUT2D eigenvalue weighted by atomic mass is 35.5. The van der Waals surface area contributed by atoms with Gasteiger partial charge in [-0.25, -0.2) is 0 Å². The van der Waals surface area contributed by atoms with Crippen LogP contribution < -0.4 is 9.47 Å². The van der Waals surface area contributed by atoms with Crippen molar-refractivity contribution in [2.45, 2.75) is 37.9 Å². The molecule has 0 unspecified atom stereocenters. The van der Waals surface area contributed by atoms with Gasteiger partial charge in [0.1, 0.15) is 24.4 Å². The zero-order valence-corrected chi connectivity index (χ0v) is 21.5. The Balaban J connectivity index is 1.31. The van der Waals surface area contributed by atoms with E-state index in [0.717, 1.165) is 66.0 Å². The van der Waals surface area contributed by atoms with Gasteiger partial charge in [-0.05, 0) is 66.8 Å². The van der Waals surface area contributed by atoms with E-state index in [1.807, 2.05) is 48.5 Å². The number of hydrogen-bond donors (Lipinski definition) is 1. The van der Waals surface area contributed by atoms with Gasteiger partial charge in [0.2, 0.25) is 0 Å². The Morgan fingerprint density at radius 2 is 1.89 bits per heavy atom. The molecular weight excluding hydrogens is 488 g/mol. The SMILES string of the molecule is O=CCCOc1ccc2c(c1)/C(=C/CCN1CCC(O)(c3ccc(Cl)cc3)CC1)c1cccnc1CO2. The highest BCUT2D eigenvalue weighted by molar-refractivity contribution is 6.30. The molecule has 0 bridgehead atoms. The third-order valence-corrected chi connectivity index (χ3v) is 7.40. The average molecular weight is 519 g/mol. The van der Waals surface area contributed by atoms with E-state index in [1.54, 1.807) is 6.20 Å². The van der Waals surface area contributed by atoms with Crippen LogP contribution in [0.4, 0.5) is 0 Å². The van der Waals surface area contributed by atoms with E-state index < -0.39 is 5.60 Å². The fourth-order valence-corrected chi connectivity index (χ4v) is 5.18. The molecule has 0 aliphatic carbocycles. The van der Waals surface area contributed by atoms with Gasteiger partial charge in [-0.3, -0.25) is 4.98 Å². The molecule has 1 aromatic heterocycles. The molecule has 1 N–H and O–H groups in total. The molecule has 0 atom stereocenters. The number of aliphatic hydroxyl groups is 1. The Labute approximate surface area is 222 Å². The molecule has 3 heterocycles. The Morgan fingerprint density at radius 1 is 1.08 bits per heavy atom. The smallest absolute Gasteiger partial charge is 0.131 e. The third-order valence-electron chi connectivity index (χ3n) is 7.15. The minimum absolute atomic E-state index is 0.345. The summed E-state index contributed by atoms with van der Waals surface area (Å²) >= 11 is 6.02. The van der Waals surface area contributed by atoms with Crippen molar-refractivity contribution in [1.82, 2.24) is 9.88 Å². The minimum atomic E-state index is -0.804. The highest BCUT2D eigenvalue weighted by Crippen LogP contribution is 2.39. The van der Waals surface area contributed by atoms with Gasteiger partial charge in [0.05, 0.1) is 17.9 Å². The molecule has 192 valence electrons. The number of hydrogen-bond acceptors (Lipinski definition) is 6. The van der Waals surface area contributed by atoms with Gasteiger partial charge in [-0.2, -0.15) is 0 Å². The van der Waals surface area contributed by atoms with E-state index in [9.17, 15) is 9.90 Å². The van der Waals surface area contributed by atoms with E-state index in [-0.39, 0.29) is 0 Å². The second kappa shape index (κ2) is 11.5. The molecule has 2 aromatic carbocycles. The molecule has 0 spiro atoms. The molecule has 0 saturated carbocycles. The first-order valence-corrected chi connectivity index (χ1v) is 13.1. The van der Waals surface area contributed by atoms with Crippen LogP contribution in [0.2, 0.25) is 5.02 Å². The number of ether oxygens (including phenoxy) is 2. The number of piperidine rings is 1. The van der Waals surface area contributed by atoms with Crippen molar-refractivity contribution in [2.24, 2.45) is 0 Å². The summed E-state index contributed by atoms with van der Waals surface area (Å²) in [5.74, 6) is 1.50. The van der Waals surface area contributed by atoms with E-state index in [1.165, 1.54) is 0 Å². The number of fused-ring (bicyclic) bond motifs is 2. The predicted octanol–water partition coefficient (Wildman–Crippen LogP) is 5.40. The van der Waals surface area contributed by atoms with Gasteiger partial charge in [0, 0.05) is 48.4 Å². The normalized spacial score (nSPS) is 17.8. The Bertz CT molecular complexity index is 1270. The lowest BCUT2D eigenvalue weighted by molar-refractivity contribution is -0.108. The summed E-state index contributed by atoms with van der Waals surface area (Å²) in [4.78, 5) is 17.7. The van der Waals surface area contributed by atoms with Crippen LogP contribution in [0.5, 0.6) is 11.5 Å². The van der Waals surface area contributed by atoms with Crippen molar-refractivity contribution in [1.29, 1.82) is 0 Å². The lowest BCUT2D eigenvalue weighted by atomic mass is 9.84. The van der Waals surface area contributed by atoms with Gasteiger partial charge in [0.25, 0.3) is 0 Å². The van der Waals surface area contributed by atoms with Crippen LogP contribution in [0.1, 0.15) is 48.1 Å². The summed E-state index contributed by atoms with van der Waals surface area (Å²) in [5.41, 5.74) is 4.13. The van der Waals surface area contributed by atoms with Gasteiger partial charge in [-0.15, -0.1) is 0 Å². The van der Waals surface area contributed by atoms with Crippen LogP contribution in [-0.4, -0.2) is 47.5 Å². The number of aromatic nitrogens is 1. The van der Waals surface area contributed by atoms with Crippen molar-refractivity contribution >= 4 is 23.5 Å². The summed E-state index contributed by atoms with van der Waals surface area (Å²) in [6, 6.07) is 17.4. The van der Waals surface area contributed by atoms with Crippen LogP contribution in [0.15, 0.2) is 66.9 Å². The Morgan fingerprint density at radius 3 is 2.68 bits per heavy atom. The highest BCUT2D eigenvalue weighted by Gasteiger charge is 2.33. The first kappa shape index (κ1) is 25.5. The van der Waals surface area contributed by atoms with Gasteiger partial charge < -0.3 is 24.3 Å². The van der Waals surface area contributed by atoms with Crippen molar-refractivity contribution in [2.75, 3.05) is 26.2 Å². The Kier molecular flexibility index (Phi) is 7.89. The number of rotatable bonds is 8. The first-order chi connectivity index (χ1) is 18.1. The maximum atomic E-state index is 11.2. The summed E-state index contributed by atoms with van der Waals surface area (Å²) in [6.07, 6.45) is 7.48. The average Bonchev–Trinajstić information content (AvgIpc) is 3.07. The maximum absolute atomic E-state index is 11.2. The van der Waals surface area contributed by atoms with Crippen molar-refractivity contribution in [3.63, 3.8) is 0 Å². The third kappa shape index (κ3) is 5.87. The zero-order valence-electron chi connectivity index (χ0n) is 20.7. The number of aldehydes is 1. The van der Waals surface area contributed by atoms with Gasteiger partial charge in [-0.1, -0.05) is 35.9 Å². The number of pyridine rings is 1. The molecule has 1 saturated heterocycles. The molecule has 2 aliphatic rings. The lowest BCUT2D eigenvalue weighted by Crippen LogP contribution is -2.42. The molecule has 0 amide bonds. The van der Waals surface area contributed by atoms with Crippen LogP contribution >= 0.6 is 11.6 Å². The van der Waals surface area contributed by atoms with Crippen LogP contribution in [0, 0.1) is 0 Å². The number of benzene rings is 2. The zero-order chi connectivity index (χ0) is 25.7. The first-order valence-electron chi connectivity index (χ1n) is 12.7. The lowest BCUT2D eigenvalue weighted by Gasteiger charge is -2.38. The summed E-state index contributed by atoms with van der Waals surface area (Å²) in [7, 11) is 0. The number of likely N-dealkylation sites (tertiary alicyclic amines) is 1. The number of carbonyl (C=O) groups excluding carboxylic acids is 1. The second-order valence-corrected chi connectivity index (χ2v) is 9.97. The monoisotopic (exact) mass is 518 g/mol. The molecule has 2 aliphatic heterocycles. The molecule has 1 fully saturated rings. The molecule has 6 nitrogen and oxygen atoms in total. The minimum Gasteiger partial charge on any atom is -0.493 e. The topological polar surface area (TPSA) is 71.9 Å². The van der Waals surface area contributed by atoms with Crippen molar-refractivity contribution < 1.29 is 19.4 Å². The number of carbonyl (C=O) groups is 1. The molecular formula is C30H31ClN2O4. The number of nitrogens with zero attached hydrogens (tertiary/aromatic N) is 2. The predicted molar refractivity (Wildman–Crippen MR) is 144 cm³/mol. The van der Waals surface area contributed by atoms with Crippen molar-refractivity contribution in [3.05, 3.63) is 94.3 Å². The van der Waals surface area contributed by atoms with Crippen LogP contribution in [0.25, 0.3) is 5.57 Å². The van der Waals surface area contributed by atoms with E-state index in [4.69, 9.17) is 21.1 Å². The standard InChI is InChI=1S/C30H31ClN2O4/c31-23-8-6-22(7-9-23)30(35)12-16-33(17-13-30)15-2-5-25-26-4-1-14-32-28(26)21-37-29-11-10-24(20-27(25)29)36-19-3-18-34/h1,4-11,14,18,20,35H,2-3,12-13,15-17,19,21H2/b25-5+. The summed E-state index contributed by atoms with van der Waals surface area (Å²) in [6.45, 7) is 3.30. The number of halogens is 1. The molecule has 37 heavy (non-hydrogen) atoms. The van der Waals surface area contributed by atoms with Crippen LogP contribution in [0.3, 0.4) is 0 Å². The quantitative estimate of drug-likeness (QED) is 0.318. The van der Waals surface area contributed by atoms with E-state index in [0.29, 0.717) is 43.2 Å². The summed E-state index contributed by atoms with van der Waals surface area (Å²) < 4.78 is 11.9. The maximum Gasteiger partial charge on any atom is 0.131 e. The molecule has 5 rings (SSSR count). The largest absolute Gasteiger partial charge is 0.493 e. The summed E-state index contributed by atoms with van der Waals surface area (Å²) in [5, 5.41) is 11.9. The molecule has 7 heteroatoms. The van der Waals surface area contributed by atoms with Gasteiger partial charge >= 0.3 is 0 Å². The molecule has 3 aromatic rings. The fourth-order valence-electron chi connectivity index (χ4n) is 5.06. The molecule has 0 radical (unpaired) electrons. The van der Waals surface area contributed by atoms with E-state index in [2.05, 4.69) is 22.0 Å². The second-order valence-electron chi connectivity index (χ2n) is 9.53. The fraction of sp³-hybridized carbons (Fsp3) is 0.333. The Hall–Kier alpha value is -3.19. The van der Waals surface area contributed by atoms with Crippen LogP contribution in [-0.2, 0) is 17.0 Å².